The third-order valence-corrected chi connectivity index (χ3v) is 6.23. The monoisotopic (exact) mass is 493 g/mol. The summed E-state index contributed by atoms with van der Waals surface area (Å²) < 4.78 is 16.7. The van der Waals surface area contributed by atoms with Crippen LogP contribution < -0.4 is 4.74 Å². The number of piperazine rings is 1. The Hall–Kier alpha value is -3.41. The number of methoxy groups -OCH3 is 1. The maximum atomic E-state index is 12.6. The number of carbonyl (C=O) groups is 2. The van der Waals surface area contributed by atoms with Gasteiger partial charge in [0, 0.05) is 45.6 Å². The zero-order chi connectivity index (χ0) is 25.8. The highest BCUT2D eigenvalue weighted by molar-refractivity contribution is 5.77. The van der Waals surface area contributed by atoms with Gasteiger partial charge < -0.3 is 19.1 Å². The van der Waals surface area contributed by atoms with Crippen LogP contribution in [0.15, 0.2) is 48.5 Å². The van der Waals surface area contributed by atoms with Gasteiger partial charge in [-0.15, -0.1) is 0 Å². The molecule has 8 nitrogen and oxygen atoms in total. The summed E-state index contributed by atoms with van der Waals surface area (Å²) in [6, 6.07) is 17.4. The smallest absolute Gasteiger partial charge is 0.305 e. The Kier molecular flexibility index (Phi) is 10.7. The lowest BCUT2D eigenvalue weighted by Crippen LogP contribution is -2.49. The number of hydrogen-bond acceptors (Lipinski definition) is 7. The van der Waals surface area contributed by atoms with Crippen molar-refractivity contribution in [1.82, 2.24) is 9.80 Å². The van der Waals surface area contributed by atoms with Crippen LogP contribution in [-0.2, 0) is 25.7 Å². The summed E-state index contributed by atoms with van der Waals surface area (Å²) >= 11 is 0. The molecule has 2 aromatic carbocycles. The fraction of sp³-hybridized carbons (Fsp3) is 0.464. The molecular weight excluding hydrogens is 458 g/mol. The molecule has 1 atom stereocenters. The van der Waals surface area contributed by atoms with Crippen LogP contribution in [0, 0.1) is 11.3 Å². The Morgan fingerprint density at radius 1 is 1.06 bits per heavy atom. The molecule has 1 fully saturated rings. The van der Waals surface area contributed by atoms with Crippen LogP contribution in [0.1, 0.15) is 49.0 Å². The average molecular weight is 494 g/mol. The number of nitriles is 1. The van der Waals surface area contributed by atoms with Crippen molar-refractivity contribution in [3.8, 4) is 11.8 Å². The topological polar surface area (TPSA) is 92.1 Å². The average Bonchev–Trinajstić information content (AvgIpc) is 2.91. The summed E-state index contributed by atoms with van der Waals surface area (Å²) in [5.74, 6) is 0.609. The number of nitrogens with zero attached hydrogens (tertiary/aromatic N) is 3. The minimum Gasteiger partial charge on any atom is -0.497 e. The second-order valence-electron chi connectivity index (χ2n) is 8.72. The first-order chi connectivity index (χ1) is 17.5. The second-order valence-corrected chi connectivity index (χ2v) is 8.72. The van der Waals surface area contributed by atoms with Gasteiger partial charge in [-0.05, 0) is 48.7 Å². The van der Waals surface area contributed by atoms with E-state index in [9.17, 15) is 9.59 Å². The van der Waals surface area contributed by atoms with Crippen LogP contribution in [0.25, 0.3) is 0 Å². The summed E-state index contributed by atoms with van der Waals surface area (Å²) in [6.45, 7) is 6.06. The molecule has 8 heteroatoms. The van der Waals surface area contributed by atoms with Crippen molar-refractivity contribution < 1.29 is 23.8 Å². The highest BCUT2D eigenvalue weighted by atomic mass is 16.5. The number of carbonyl (C=O) groups excluding carboxylic acids is 2. The zero-order valence-electron chi connectivity index (χ0n) is 21.2. The third kappa shape index (κ3) is 8.36. The van der Waals surface area contributed by atoms with E-state index in [1.54, 1.807) is 26.2 Å². The molecule has 2 aromatic rings. The van der Waals surface area contributed by atoms with Crippen molar-refractivity contribution in [3.05, 3.63) is 65.2 Å². The van der Waals surface area contributed by atoms with Crippen molar-refractivity contribution in [3.63, 3.8) is 0 Å². The van der Waals surface area contributed by atoms with Crippen LogP contribution in [0.4, 0.5) is 0 Å². The Labute approximate surface area is 213 Å². The van der Waals surface area contributed by atoms with Gasteiger partial charge in [0.2, 0.25) is 5.91 Å². The lowest BCUT2D eigenvalue weighted by atomic mass is 10.1. The van der Waals surface area contributed by atoms with Gasteiger partial charge in [-0.3, -0.25) is 14.5 Å². The van der Waals surface area contributed by atoms with Gasteiger partial charge in [-0.1, -0.05) is 24.3 Å². The van der Waals surface area contributed by atoms with Gasteiger partial charge in [0.15, 0.2) is 0 Å². The van der Waals surface area contributed by atoms with Crippen LogP contribution in [0.5, 0.6) is 5.75 Å². The molecule has 1 saturated heterocycles. The molecule has 0 saturated carbocycles. The van der Waals surface area contributed by atoms with Crippen LogP contribution in [0.2, 0.25) is 0 Å². The van der Waals surface area contributed by atoms with Gasteiger partial charge in [-0.2, -0.15) is 5.26 Å². The summed E-state index contributed by atoms with van der Waals surface area (Å²) in [6.07, 6.45) is 0.971. The lowest BCUT2D eigenvalue weighted by Gasteiger charge is -2.36. The number of esters is 1. The molecule has 0 spiro atoms. The standard InChI is InChI=1S/C28H35N3O5/c1-3-35-28(33)9-5-8-27(32)31-16-14-30(15-17-31)20-26(24-6-4-7-25(18-24)34-2)36-21-23-12-10-22(19-29)11-13-23/h4,6-7,10-13,18,26H,3,5,8-9,14-17,20-21H2,1-2H3/t26-/m1/s1. The van der Waals surface area contributed by atoms with E-state index < -0.39 is 0 Å². The van der Waals surface area contributed by atoms with Crippen LogP contribution in [-0.4, -0.2) is 68.1 Å². The maximum absolute atomic E-state index is 12.6. The van der Waals surface area contributed by atoms with E-state index in [0.717, 1.165) is 30.0 Å². The number of hydrogen-bond donors (Lipinski definition) is 0. The zero-order valence-corrected chi connectivity index (χ0v) is 21.2. The van der Waals surface area contributed by atoms with E-state index in [-0.39, 0.29) is 24.4 Å². The molecular formula is C28H35N3O5. The quantitative estimate of drug-likeness (QED) is 0.416. The van der Waals surface area contributed by atoms with E-state index in [2.05, 4.69) is 11.0 Å². The van der Waals surface area contributed by atoms with E-state index in [1.807, 2.05) is 41.3 Å². The van der Waals surface area contributed by atoms with Crippen molar-refractivity contribution >= 4 is 11.9 Å². The Morgan fingerprint density at radius 3 is 2.47 bits per heavy atom. The normalized spacial score (nSPS) is 14.6. The van der Waals surface area contributed by atoms with Crippen molar-refractivity contribution in [2.45, 2.75) is 38.9 Å². The van der Waals surface area contributed by atoms with Crippen molar-refractivity contribution in [2.24, 2.45) is 0 Å². The molecule has 0 unspecified atom stereocenters. The molecule has 1 amide bonds. The molecule has 0 bridgehead atoms. The fourth-order valence-electron chi connectivity index (χ4n) is 4.16. The maximum Gasteiger partial charge on any atom is 0.305 e. The first-order valence-corrected chi connectivity index (χ1v) is 12.4. The van der Waals surface area contributed by atoms with Gasteiger partial charge in [0.05, 0.1) is 38.1 Å². The number of rotatable bonds is 12. The number of benzene rings is 2. The van der Waals surface area contributed by atoms with E-state index in [0.29, 0.717) is 51.3 Å². The van der Waals surface area contributed by atoms with E-state index in [4.69, 9.17) is 19.5 Å². The van der Waals surface area contributed by atoms with Crippen molar-refractivity contribution in [1.29, 1.82) is 5.26 Å². The van der Waals surface area contributed by atoms with Crippen LogP contribution in [0.3, 0.4) is 0 Å². The number of amides is 1. The minimum absolute atomic E-state index is 0.0837. The Bertz CT molecular complexity index is 1030. The summed E-state index contributed by atoms with van der Waals surface area (Å²) in [7, 11) is 1.65. The molecule has 1 aliphatic heterocycles. The molecule has 192 valence electrons. The lowest BCUT2D eigenvalue weighted by molar-refractivity contribution is -0.143. The molecule has 1 heterocycles. The molecule has 1 aliphatic rings. The highest BCUT2D eigenvalue weighted by Gasteiger charge is 2.24. The minimum atomic E-state index is -0.250. The third-order valence-electron chi connectivity index (χ3n) is 6.23. The van der Waals surface area contributed by atoms with E-state index in [1.165, 1.54) is 0 Å². The Balaban J connectivity index is 1.55. The summed E-state index contributed by atoms with van der Waals surface area (Å²) in [4.78, 5) is 28.2. The molecule has 0 radical (unpaired) electrons. The SMILES string of the molecule is CCOC(=O)CCCC(=O)N1CCN(C[C@@H](OCc2ccc(C#N)cc2)c2cccc(OC)c2)CC1. The van der Waals surface area contributed by atoms with Crippen molar-refractivity contribution in [2.75, 3.05) is 46.4 Å². The summed E-state index contributed by atoms with van der Waals surface area (Å²) in [5.41, 5.74) is 2.65. The largest absolute Gasteiger partial charge is 0.497 e. The molecule has 0 N–H and O–H groups in total. The molecule has 3 rings (SSSR count). The van der Waals surface area contributed by atoms with E-state index >= 15 is 0 Å². The second kappa shape index (κ2) is 14.2. The molecule has 0 aliphatic carbocycles. The Morgan fingerprint density at radius 2 is 1.81 bits per heavy atom. The number of ether oxygens (including phenoxy) is 3. The van der Waals surface area contributed by atoms with Gasteiger partial charge in [-0.25, -0.2) is 0 Å². The van der Waals surface area contributed by atoms with Gasteiger partial charge in [0.1, 0.15) is 5.75 Å². The predicted octanol–water partition coefficient (Wildman–Crippen LogP) is 3.70. The first-order valence-electron chi connectivity index (χ1n) is 12.4. The van der Waals surface area contributed by atoms with Gasteiger partial charge >= 0.3 is 5.97 Å². The predicted molar refractivity (Wildman–Crippen MR) is 135 cm³/mol. The summed E-state index contributed by atoms with van der Waals surface area (Å²) in [5, 5.41) is 9.02. The molecule has 36 heavy (non-hydrogen) atoms. The first kappa shape index (κ1) is 27.2. The fourth-order valence-corrected chi connectivity index (χ4v) is 4.16. The molecule has 0 aromatic heterocycles. The van der Waals surface area contributed by atoms with Crippen LogP contribution >= 0.6 is 0 Å². The van der Waals surface area contributed by atoms with Gasteiger partial charge in [0.25, 0.3) is 0 Å². The highest BCUT2D eigenvalue weighted by Crippen LogP contribution is 2.25.